The van der Waals surface area contributed by atoms with Crippen molar-refractivity contribution in [2.24, 2.45) is 28.6 Å². The topological polar surface area (TPSA) is 43.4 Å². The second-order valence-electron chi connectivity index (χ2n) is 10.8. The molecule has 5 rings (SSSR count). The molecule has 0 N–H and O–H groups in total. The summed E-state index contributed by atoms with van der Waals surface area (Å²) in [5.74, 6) is 1.94. The van der Waals surface area contributed by atoms with Gasteiger partial charge in [0.1, 0.15) is 6.10 Å². The standard InChI is InChI=1S/C28H33BrO3/c1-27-14-12-20(32-26(31)18-6-4-3-5-7-18)16-19(27)8-9-21-22-10-11-24(25(30)17-29)28(22,2)15-13-23(21)27/h3-8,11,20-23H,9-10,12-17H2,1-2H3/t20-,21-,22-,23-,27-,28-/m0/s1. The summed E-state index contributed by atoms with van der Waals surface area (Å²) < 4.78 is 5.92. The van der Waals surface area contributed by atoms with Gasteiger partial charge in [-0.15, -0.1) is 0 Å². The molecule has 0 radical (unpaired) electrons. The van der Waals surface area contributed by atoms with E-state index in [9.17, 15) is 9.59 Å². The number of halogens is 1. The Morgan fingerprint density at radius 3 is 2.50 bits per heavy atom. The van der Waals surface area contributed by atoms with Crippen LogP contribution in [0.2, 0.25) is 0 Å². The number of hydrogen-bond donors (Lipinski definition) is 0. The molecular weight excluding hydrogens is 464 g/mol. The molecule has 1 aromatic carbocycles. The Kier molecular flexibility index (Phi) is 5.72. The number of fused-ring (bicyclic) bond motifs is 5. The van der Waals surface area contributed by atoms with Gasteiger partial charge in [-0.3, -0.25) is 4.79 Å². The van der Waals surface area contributed by atoms with Crippen molar-refractivity contribution in [2.75, 3.05) is 5.33 Å². The lowest BCUT2D eigenvalue weighted by atomic mass is 9.47. The summed E-state index contributed by atoms with van der Waals surface area (Å²) >= 11 is 3.39. The summed E-state index contributed by atoms with van der Waals surface area (Å²) in [6, 6.07) is 9.32. The third-order valence-electron chi connectivity index (χ3n) is 9.34. The van der Waals surface area contributed by atoms with E-state index in [1.165, 1.54) is 12.0 Å². The van der Waals surface area contributed by atoms with Gasteiger partial charge in [0, 0.05) is 6.42 Å². The smallest absolute Gasteiger partial charge is 0.338 e. The van der Waals surface area contributed by atoms with Crippen molar-refractivity contribution in [3.63, 3.8) is 0 Å². The minimum absolute atomic E-state index is 0.0243. The highest BCUT2D eigenvalue weighted by atomic mass is 79.9. The van der Waals surface area contributed by atoms with E-state index in [4.69, 9.17) is 4.74 Å². The number of ketones is 1. The zero-order valence-corrected chi connectivity index (χ0v) is 20.7. The number of ether oxygens (including phenoxy) is 1. The molecule has 4 heteroatoms. The van der Waals surface area contributed by atoms with Gasteiger partial charge in [0.05, 0.1) is 10.9 Å². The van der Waals surface area contributed by atoms with Gasteiger partial charge in [-0.05, 0) is 84.8 Å². The SMILES string of the molecule is C[C@]12CC[C@H](OC(=O)c3ccccc3)CC1=CC[C@@H]1[C@@H]2CC[C@]2(C)C(C(=O)CBr)=CC[C@@H]12. The van der Waals surface area contributed by atoms with Crippen LogP contribution in [-0.4, -0.2) is 23.2 Å². The lowest BCUT2D eigenvalue weighted by Crippen LogP contribution is -2.50. The van der Waals surface area contributed by atoms with Crippen LogP contribution in [0.3, 0.4) is 0 Å². The third-order valence-corrected chi connectivity index (χ3v) is 9.85. The minimum Gasteiger partial charge on any atom is -0.458 e. The van der Waals surface area contributed by atoms with Crippen molar-refractivity contribution >= 4 is 27.7 Å². The third kappa shape index (κ3) is 3.45. The number of Topliss-reactive ketones (excluding diaryl/α,β-unsaturated/α-hetero) is 1. The average molecular weight is 497 g/mol. The fourth-order valence-corrected chi connectivity index (χ4v) is 7.90. The van der Waals surface area contributed by atoms with E-state index in [1.807, 2.05) is 30.3 Å². The summed E-state index contributed by atoms with van der Waals surface area (Å²) in [7, 11) is 0. The van der Waals surface area contributed by atoms with E-state index in [-0.39, 0.29) is 28.7 Å². The number of esters is 1. The number of allylic oxidation sites excluding steroid dienone is 3. The zero-order chi connectivity index (χ0) is 22.5. The van der Waals surface area contributed by atoms with Crippen molar-refractivity contribution < 1.29 is 14.3 Å². The van der Waals surface area contributed by atoms with Crippen molar-refractivity contribution in [1.82, 2.24) is 0 Å². The van der Waals surface area contributed by atoms with E-state index in [0.717, 1.165) is 44.1 Å². The van der Waals surface area contributed by atoms with E-state index in [0.29, 0.717) is 28.6 Å². The van der Waals surface area contributed by atoms with Crippen LogP contribution in [0, 0.1) is 28.6 Å². The molecule has 0 heterocycles. The average Bonchev–Trinajstić information content (AvgIpc) is 3.16. The first-order valence-electron chi connectivity index (χ1n) is 12.1. The van der Waals surface area contributed by atoms with Gasteiger partial charge in [0.2, 0.25) is 0 Å². The van der Waals surface area contributed by atoms with Crippen LogP contribution in [0.4, 0.5) is 0 Å². The summed E-state index contributed by atoms with van der Waals surface area (Å²) in [5.41, 5.74) is 3.45. The van der Waals surface area contributed by atoms with Crippen LogP contribution in [0.5, 0.6) is 0 Å². The maximum atomic E-state index is 12.6. The summed E-state index contributed by atoms with van der Waals surface area (Å²) in [6.45, 7) is 4.80. The highest BCUT2D eigenvalue weighted by Gasteiger charge is 2.57. The Morgan fingerprint density at radius 1 is 1.00 bits per heavy atom. The van der Waals surface area contributed by atoms with Gasteiger partial charge >= 0.3 is 5.97 Å². The number of benzene rings is 1. The highest BCUT2D eigenvalue weighted by Crippen LogP contribution is 2.65. The lowest BCUT2D eigenvalue weighted by Gasteiger charge is -2.57. The first kappa shape index (κ1) is 22.1. The number of carbonyl (C=O) groups excluding carboxylic acids is 2. The molecule has 0 saturated heterocycles. The Bertz CT molecular complexity index is 980. The first-order valence-corrected chi connectivity index (χ1v) is 13.2. The maximum Gasteiger partial charge on any atom is 0.338 e. The van der Waals surface area contributed by atoms with Gasteiger partial charge < -0.3 is 4.74 Å². The summed E-state index contributed by atoms with van der Waals surface area (Å²) in [5, 5.41) is 0.431. The second-order valence-corrected chi connectivity index (χ2v) is 11.3. The van der Waals surface area contributed by atoms with Crippen molar-refractivity contribution in [1.29, 1.82) is 0 Å². The molecule has 0 amide bonds. The minimum atomic E-state index is -0.206. The molecule has 0 unspecified atom stereocenters. The van der Waals surface area contributed by atoms with Gasteiger partial charge in [-0.25, -0.2) is 4.79 Å². The molecule has 3 nitrogen and oxygen atoms in total. The monoisotopic (exact) mass is 496 g/mol. The molecular formula is C28H33BrO3. The van der Waals surface area contributed by atoms with Gasteiger partial charge in [-0.2, -0.15) is 0 Å². The number of rotatable bonds is 4. The first-order chi connectivity index (χ1) is 15.4. The number of hydrogen-bond acceptors (Lipinski definition) is 3. The zero-order valence-electron chi connectivity index (χ0n) is 19.1. The van der Waals surface area contributed by atoms with Crippen LogP contribution in [0.15, 0.2) is 53.6 Å². The normalized spacial score (nSPS) is 38.0. The van der Waals surface area contributed by atoms with Crippen molar-refractivity contribution in [3.8, 4) is 0 Å². The Hall–Kier alpha value is -1.68. The van der Waals surface area contributed by atoms with E-state index in [1.54, 1.807) is 0 Å². The second kappa shape index (κ2) is 8.27. The quantitative estimate of drug-likeness (QED) is 0.265. The predicted molar refractivity (Wildman–Crippen MR) is 130 cm³/mol. The molecule has 2 saturated carbocycles. The summed E-state index contributed by atoms with van der Waals surface area (Å²) in [6.07, 6.45) is 12.0. The fourth-order valence-electron chi connectivity index (χ4n) is 7.59. The number of carbonyl (C=O) groups is 2. The van der Waals surface area contributed by atoms with Gasteiger partial charge in [0.25, 0.3) is 0 Å². The van der Waals surface area contributed by atoms with Crippen LogP contribution in [0.1, 0.15) is 69.2 Å². The molecule has 0 spiro atoms. The maximum absolute atomic E-state index is 12.6. The van der Waals surface area contributed by atoms with E-state index in [2.05, 4.69) is 41.9 Å². The van der Waals surface area contributed by atoms with Crippen molar-refractivity contribution in [2.45, 2.75) is 64.9 Å². The molecule has 6 atom stereocenters. The van der Waals surface area contributed by atoms with Gasteiger partial charge in [0.15, 0.2) is 5.78 Å². The van der Waals surface area contributed by atoms with Crippen LogP contribution in [-0.2, 0) is 9.53 Å². The Labute approximate surface area is 199 Å². The fraction of sp³-hybridized carbons (Fsp3) is 0.571. The van der Waals surface area contributed by atoms with Crippen LogP contribution >= 0.6 is 15.9 Å². The molecule has 32 heavy (non-hydrogen) atoms. The van der Waals surface area contributed by atoms with Crippen molar-refractivity contribution in [3.05, 3.63) is 59.2 Å². The van der Waals surface area contributed by atoms with Crippen LogP contribution in [0.25, 0.3) is 0 Å². The molecule has 170 valence electrons. The van der Waals surface area contributed by atoms with E-state index < -0.39 is 0 Å². The Morgan fingerprint density at radius 2 is 1.75 bits per heavy atom. The highest BCUT2D eigenvalue weighted by molar-refractivity contribution is 9.09. The molecule has 0 aliphatic heterocycles. The molecule has 4 aliphatic rings. The lowest BCUT2D eigenvalue weighted by molar-refractivity contribution is -0.115. The molecule has 0 bridgehead atoms. The number of alkyl halides is 1. The molecule has 0 aromatic heterocycles. The molecule has 4 aliphatic carbocycles. The van der Waals surface area contributed by atoms with Gasteiger partial charge in [-0.1, -0.05) is 65.7 Å². The Balaban J connectivity index is 1.32. The predicted octanol–water partition coefficient (Wildman–Crippen LogP) is 6.68. The van der Waals surface area contributed by atoms with E-state index >= 15 is 0 Å². The summed E-state index contributed by atoms with van der Waals surface area (Å²) in [4.78, 5) is 25.2. The molecule has 2 fully saturated rings. The van der Waals surface area contributed by atoms with Crippen LogP contribution < -0.4 is 0 Å². The largest absolute Gasteiger partial charge is 0.458 e. The molecule has 1 aromatic rings.